The average molecular weight is 359 g/mol. The minimum Gasteiger partial charge on any atom is -0.293 e. The van der Waals surface area contributed by atoms with Crippen molar-refractivity contribution in [1.29, 1.82) is 0 Å². The van der Waals surface area contributed by atoms with E-state index in [2.05, 4.69) is 20.5 Å². The van der Waals surface area contributed by atoms with Crippen LogP contribution in [0.5, 0.6) is 0 Å². The number of hydrogen-bond donors (Lipinski definition) is 1. The Labute approximate surface area is 146 Å². The summed E-state index contributed by atoms with van der Waals surface area (Å²) < 4.78 is 15.7. The van der Waals surface area contributed by atoms with Gasteiger partial charge in [-0.2, -0.15) is 5.10 Å². The van der Waals surface area contributed by atoms with Crippen LogP contribution in [0.25, 0.3) is 0 Å². The Kier molecular flexibility index (Phi) is 4.97. The predicted octanol–water partition coefficient (Wildman–Crippen LogP) is 1.60. The maximum atomic E-state index is 12.9. The lowest BCUT2D eigenvalue weighted by molar-refractivity contribution is -0.385. The minimum atomic E-state index is -0.554. The largest absolute Gasteiger partial charge is 0.306 e. The van der Waals surface area contributed by atoms with Gasteiger partial charge in [0, 0.05) is 13.0 Å². The standard InChI is InChI=1S/C15H14FN7O3/c16-12-3-1-11(2-4-12)8-22-10-17-15(20-22)19-14(24)5-6-21-9-13(7-18-21)23(25)26/h1-4,7,9-10H,5-6,8H2,(H,19,20,24). The van der Waals surface area contributed by atoms with Gasteiger partial charge in [0.1, 0.15) is 24.5 Å². The van der Waals surface area contributed by atoms with Crippen molar-refractivity contribution in [3.05, 3.63) is 64.5 Å². The molecule has 3 rings (SSSR count). The molecule has 0 spiro atoms. The minimum absolute atomic E-state index is 0.0608. The molecule has 0 aliphatic carbocycles. The molecule has 0 bridgehead atoms. The monoisotopic (exact) mass is 359 g/mol. The molecule has 0 atom stereocenters. The van der Waals surface area contributed by atoms with Crippen LogP contribution in [0.15, 0.2) is 43.0 Å². The molecule has 0 aliphatic rings. The fraction of sp³-hybridized carbons (Fsp3) is 0.200. The van der Waals surface area contributed by atoms with E-state index in [9.17, 15) is 19.3 Å². The predicted molar refractivity (Wildman–Crippen MR) is 87.7 cm³/mol. The molecule has 26 heavy (non-hydrogen) atoms. The zero-order valence-corrected chi connectivity index (χ0v) is 13.4. The average Bonchev–Trinajstić information content (AvgIpc) is 3.25. The van der Waals surface area contributed by atoms with Gasteiger partial charge in [-0.1, -0.05) is 12.1 Å². The van der Waals surface area contributed by atoms with Crippen molar-refractivity contribution in [1.82, 2.24) is 24.5 Å². The molecule has 0 saturated heterocycles. The third-order valence-corrected chi connectivity index (χ3v) is 3.44. The zero-order valence-electron chi connectivity index (χ0n) is 13.4. The summed E-state index contributed by atoms with van der Waals surface area (Å²) >= 11 is 0. The highest BCUT2D eigenvalue weighted by Gasteiger charge is 2.11. The molecule has 2 aromatic heterocycles. The van der Waals surface area contributed by atoms with Gasteiger partial charge in [-0.15, -0.1) is 5.10 Å². The van der Waals surface area contributed by atoms with Gasteiger partial charge in [0.15, 0.2) is 0 Å². The van der Waals surface area contributed by atoms with Gasteiger partial charge < -0.3 is 0 Å². The van der Waals surface area contributed by atoms with Crippen LogP contribution >= 0.6 is 0 Å². The molecule has 0 unspecified atom stereocenters. The first-order valence-electron chi connectivity index (χ1n) is 7.60. The van der Waals surface area contributed by atoms with Crippen LogP contribution in [0.1, 0.15) is 12.0 Å². The Hall–Kier alpha value is -3.63. The van der Waals surface area contributed by atoms with E-state index in [1.807, 2.05) is 0 Å². The summed E-state index contributed by atoms with van der Waals surface area (Å²) in [5.74, 6) is -0.519. The third kappa shape index (κ3) is 4.47. The van der Waals surface area contributed by atoms with Gasteiger partial charge in [-0.05, 0) is 17.7 Å². The SMILES string of the molecule is O=C(CCn1cc([N+](=O)[O-])cn1)Nc1ncn(Cc2ccc(F)cc2)n1. The van der Waals surface area contributed by atoms with Gasteiger partial charge in [-0.25, -0.2) is 14.1 Å². The molecule has 0 saturated carbocycles. The highest BCUT2D eigenvalue weighted by atomic mass is 19.1. The molecular weight excluding hydrogens is 345 g/mol. The lowest BCUT2D eigenvalue weighted by atomic mass is 10.2. The van der Waals surface area contributed by atoms with Gasteiger partial charge in [0.2, 0.25) is 11.9 Å². The molecule has 1 amide bonds. The number of hydrogen-bond acceptors (Lipinski definition) is 6. The van der Waals surface area contributed by atoms with E-state index < -0.39 is 4.92 Å². The summed E-state index contributed by atoms with van der Waals surface area (Å²) in [5.41, 5.74) is 0.709. The van der Waals surface area contributed by atoms with E-state index in [-0.39, 0.29) is 36.3 Å². The van der Waals surface area contributed by atoms with Crippen LogP contribution in [0.3, 0.4) is 0 Å². The van der Waals surface area contributed by atoms with E-state index in [0.717, 1.165) is 11.8 Å². The van der Waals surface area contributed by atoms with Crippen molar-refractivity contribution >= 4 is 17.5 Å². The second-order valence-electron chi connectivity index (χ2n) is 5.41. The molecule has 0 radical (unpaired) electrons. The van der Waals surface area contributed by atoms with E-state index in [4.69, 9.17) is 0 Å². The first-order chi connectivity index (χ1) is 12.5. The molecule has 1 N–H and O–H groups in total. The molecule has 1 aromatic carbocycles. The highest BCUT2D eigenvalue weighted by molar-refractivity contribution is 5.88. The number of benzene rings is 1. The number of carbonyl (C=O) groups is 1. The van der Waals surface area contributed by atoms with Crippen LogP contribution in [-0.4, -0.2) is 35.4 Å². The maximum absolute atomic E-state index is 12.9. The Bertz CT molecular complexity index is 919. The summed E-state index contributed by atoms with van der Waals surface area (Å²) in [6.45, 7) is 0.579. The molecular formula is C15H14FN7O3. The Morgan fingerprint density at radius 1 is 1.27 bits per heavy atom. The van der Waals surface area contributed by atoms with Gasteiger partial charge >= 0.3 is 5.69 Å². The van der Waals surface area contributed by atoms with Crippen LogP contribution in [0.2, 0.25) is 0 Å². The Balaban J connectivity index is 1.50. The first-order valence-corrected chi connectivity index (χ1v) is 7.60. The van der Waals surface area contributed by atoms with Crippen molar-refractivity contribution < 1.29 is 14.1 Å². The number of nitrogens with zero attached hydrogens (tertiary/aromatic N) is 6. The Morgan fingerprint density at radius 3 is 2.73 bits per heavy atom. The van der Waals surface area contributed by atoms with E-state index in [1.54, 1.807) is 12.1 Å². The molecule has 11 heteroatoms. The second kappa shape index (κ2) is 7.51. The topological polar surface area (TPSA) is 121 Å². The lowest BCUT2D eigenvalue weighted by Crippen LogP contribution is -2.16. The summed E-state index contributed by atoms with van der Waals surface area (Å²) in [5, 5.41) is 21.0. The Morgan fingerprint density at radius 2 is 2.04 bits per heavy atom. The summed E-state index contributed by atoms with van der Waals surface area (Å²) in [7, 11) is 0. The molecule has 134 valence electrons. The van der Waals surface area contributed by atoms with Crippen molar-refractivity contribution in [2.75, 3.05) is 5.32 Å². The van der Waals surface area contributed by atoms with E-state index in [0.29, 0.717) is 6.54 Å². The first kappa shape index (κ1) is 17.2. The van der Waals surface area contributed by atoms with Crippen LogP contribution in [0.4, 0.5) is 16.0 Å². The number of amides is 1. The zero-order chi connectivity index (χ0) is 18.5. The number of carbonyl (C=O) groups excluding carboxylic acids is 1. The van der Waals surface area contributed by atoms with E-state index in [1.165, 1.54) is 34.0 Å². The summed E-state index contributed by atoms with van der Waals surface area (Å²) in [4.78, 5) is 25.9. The number of aromatic nitrogens is 5. The number of aryl methyl sites for hydroxylation is 1. The molecule has 10 nitrogen and oxygen atoms in total. The molecule has 3 aromatic rings. The number of nitrogens with one attached hydrogen (secondary N) is 1. The normalized spacial score (nSPS) is 10.7. The third-order valence-electron chi connectivity index (χ3n) is 3.44. The second-order valence-corrected chi connectivity index (χ2v) is 5.41. The fourth-order valence-corrected chi connectivity index (χ4v) is 2.18. The van der Waals surface area contributed by atoms with Crippen LogP contribution in [0, 0.1) is 15.9 Å². The van der Waals surface area contributed by atoms with Crippen LogP contribution in [-0.2, 0) is 17.9 Å². The van der Waals surface area contributed by atoms with Gasteiger partial charge in [-0.3, -0.25) is 24.9 Å². The van der Waals surface area contributed by atoms with Crippen LogP contribution < -0.4 is 5.32 Å². The smallest absolute Gasteiger partial charge is 0.293 e. The van der Waals surface area contributed by atoms with Gasteiger partial charge in [0.05, 0.1) is 11.5 Å². The van der Waals surface area contributed by atoms with Crippen molar-refractivity contribution in [2.24, 2.45) is 0 Å². The quantitative estimate of drug-likeness (QED) is 0.505. The lowest BCUT2D eigenvalue weighted by Gasteiger charge is -2.02. The number of rotatable bonds is 7. The summed E-state index contributed by atoms with van der Waals surface area (Å²) in [6, 6.07) is 5.99. The fourth-order valence-electron chi connectivity index (χ4n) is 2.18. The van der Waals surface area contributed by atoms with Crippen molar-refractivity contribution in [3.8, 4) is 0 Å². The highest BCUT2D eigenvalue weighted by Crippen LogP contribution is 2.09. The van der Waals surface area contributed by atoms with E-state index >= 15 is 0 Å². The maximum Gasteiger partial charge on any atom is 0.306 e. The van der Waals surface area contributed by atoms with Gasteiger partial charge in [0.25, 0.3) is 0 Å². The van der Waals surface area contributed by atoms with Crippen molar-refractivity contribution in [3.63, 3.8) is 0 Å². The number of halogens is 1. The molecule has 0 fully saturated rings. The number of anilines is 1. The molecule has 0 aliphatic heterocycles. The molecule has 2 heterocycles. The summed E-state index contributed by atoms with van der Waals surface area (Å²) in [6.07, 6.45) is 3.89. The number of nitro groups is 1. The van der Waals surface area contributed by atoms with Crippen molar-refractivity contribution in [2.45, 2.75) is 19.5 Å².